The second-order valence-corrected chi connectivity index (χ2v) is 3.41. The van der Waals surface area contributed by atoms with Crippen LogP contribution in [0.1, 0.15) is 12.0 Å². The van der Waals surface area contributed by atoms with E-state index >= 15 is 0 Å². The number of carbonyl (C=O) groups is 1. The van der Waals surface area contributed by atoms with Crippen LogP contribution in [-0.2, 0) is 16.1 Å². The van der Waals surface area contributed by atoms with Crippen LogP contribution in [0.2, 0.25) is 0 Å². The van der Waals surface area contributed by atoms with Gasteiger partial charge in [-0.3, -0.25) is 0 Å². The normalized spacial score (nSPS) is 20.1. The van der Waals surface area contributed by atoms with Crippen LogP contribution in [0, 0.1) is 0 Å². The van der Waals surface area contributed by atoms with Crippen molar-refractivity contribution in [2.45, 2.75) is 19.1 Å². The third-order valence-electron chi connectivity index (χ3n) is 2.32. The van der Waals surface area contributed by atoms with Crippen LogP contribution in [0.4, 0.5) is 0 Å². The average Bonchev–Trinajstić information content (AvgIpc) is 2.66. The van der Waals surface area contributed by atoms with E-state index in [2.05, 4.69) is 0 Å². The van der Waals surface area contributed by atoms with Crippen molar-refractivity contribution in [2.24, 2.45) is 5.73 Å². The number of esters is 1. The number of hydrogen-bond acceptors (Lipinski definition) is 4. The molecule has 2 N–H and O–H groups in total. The highest BCUT2D eigenvalue weighted by molar-refractivity contribution is 5.76. The van der Waals surface area contributed by atoms with E-state index in [1.165, 1.54) is 0 Å². The first-order valence-corrected chi connectivity index (χ1v) is 4.92. The fourth-order valence-corrected chi connectivity index (χ4v) is 1.45. The first-order valence-electron chi connectivity index (χ1n) is 4.92. The van der Waals surface area contributed by atoms with Gasteiger partial charge in [0.05, 0.1) is 6.61 Å². The zero-order valence-electron chi connectivity index (χ0n) is 8.31. The molecule has 0 spiro atoms. The maximum Gasteiger partial charge on any atom is 0.347 e. The molecule has 1 saturated heterocycles. The van der Waals surface area contributed by atoms with Gasteiger partial charge in [0, 0.05) is 13.0 Å². The Morgan fingerprint density at radius 1 is 1.40 bits per heavy atom. The Balaban J connectivity index is 2.01. The molecule has 4 heteroatoms. The van der Waals surface area contributed by atoms with Crippen LogP contribution >= 0.6 is 0 Å². The lowest BCUT2D eigenvalue weighted by atomic mass is 10.2. The highest BCUT2D eigenvalue weighted by Gasteiger charge is 2.28. The number of nitrogens with two attached hydrogens (primary N) is 1. The predicted molar refractivity (Wildman–Crippen MR) is 54.3 cm³/mol. The summed E-state index contributed by atoms with van der Waals surface area (Å²) in [6.45, 7) is 0.954. The Kier molecular flexibility index (Phi) is 2.87. The Hall–Kier alpha value is -1.55. The topological polar surface area (TPSA) is 61.6 Å². The lowest BCUT2D eigenvalue weighted by Crippen LogP contribution is -2.21. The summed E-state index contributed by atoms with van der Waals surface area (Å²) in [5.41, 5.74) is 6.51. The van der Waals surface area contributed by atoms with Gasteiger partial charge in [-0.15, -0.1) is 0 Å². The molecule has 4 nitrogen and oxygen atoms in total. The minimum Gasteiger partial charge on any atom is -0.479 e. The first-order chi connectivity index (χ1) is 7.29. The van der Waals surface area contributed by atoms with E-state index in [0.717, 1.165) is 5.56 Å². The first kappa shape index (κ1) is 9.98. The van der Waals surface area contributed by atoms with Crippen molar-refractivity contribution in [1.29, 1.82) is 0 Å². The molecule has 0 saturated carbocycles. The molecule has 0 aromatic heterocycles. The number of carbonyl (C=O) groups excluding carboxylic acids is 1. The monoisotopic (exact) mass is 207 g/mol. The second kappa shape index (κ2) is 4.31. The van der Waals surface area contributed by atoms with E-state index in [4.69, 9.17) is 15.2 Å². The SMILES string of the molecule is NCc1ccc(OC2CCOC2=O)cc1. The van der Waals surface area contributed by atoms with Crippen molar-refractivity contribution >= 4 is 5.97 Å². The minimum absolute atomic E-state index is 0.280. The summed E-state index contributed by atoms with van der Waals surface area (Å²) in [6.07, 6.45) is 0.172. The molecule has 1 heterocycles. The van der Waals surface area contributed by atoms with Crippen molar-refractivity contribution in [2.75, 3.05) is 6.61 Å². The highest BCUT2D eigenvalue weighted by atomic mass is 16.6. The molecule has 0 amide bonds. The van der Waals surface area contributed by atoms with E-state index in [0.29, 0.717) is 25.3 Å². The molecule has 1 aliphatic heterocycles. The average molecular weight is 207 g/mol. The van der Waals surface area contributed by atoms with Crippen LogP contribution in [0.15, 0.2) is 24.3 Å². The van der Waals surface area contributed by atoms with E-state index in [-0.39, 0.29) is 5.97 Å². The van der Waals surface area contributed by atoms with E-state index in [1.54, 1.807) is 0 Å². The largest absolute Gasteiger partial charge is 0.479 e. The van der Waals surface area contributed by atoms with Crippen LogP contribution in [0.5, 0.6) is 5.75 Å². The molecule has 1 unspecified atom stereocenters. The molecule has 1 aromatic rings. The van der Waals surface area contributed by atoms with Gasteiger partial charge in [0.25, 0.3) is 0 Å². The fourth-order valence-electron chi connectivity index (χ4n) is 1.45. The molecule has 1 atom stereocenters. The molecule has 0 bridgehead atoms. The number of cyclic esters (lactones) is 1. The quantitative estimate of drug-likeness (QED) is 0.746. The zero-order valence-corrected chi connectivity index (χ0v) is 8.31. The number of hydrogen-bond donors (Lipinski definition) is 1. The van der Waals surface area contributed by atoms with Crippen molar-refractivity contribution in [3.8, 4) is 5.75 Å². The Morgan fingerprint density at radius 3 is 2.67 bits per heavy atom. The summed E-state index contributed by atoms with van der Waals surface area (Å²) >= 11 is 0. The lowest BCUT2D eigenvalue weighted by molar-refractivity contribution is -0.143. The summed E-state index contributed by atoms with van der Waals surface area (Å²) in [5, 5.41) is 0. The van der Waals surface area contributed by atoms with Gasteiger partial charge < -0.3 is 15.2 Å². The van der Waals surface area contributed by atoms with Gasteiger partial charge in [-0.2, -0.15) is 0 Å². The van der Waals surface area contributed by atoms with Gasteiger partial charge in [-0.25, -0.2) is 4.79 Å². The van der Waals surface area contributed by atoms with Crippen molar-refractivity contribution in [3.05, 3.63) is 29.8 Å². The highest BCUT2D eigenvalue weighted by Crippen LogP contribution is 2.18. The van der Waals surface area contributed by atoms with Crippen LogP contribution in [0.3, 0.4) is 0 Å². The molecule has 2 rings (SSSR count). The van der Waals surface area contributed by atoms with Gasteiger partial charge >= 0.3 is 5.97 Å². The van der Waals surface area contributed by atoms with Crippen LogP contribution in [0.25, 0.3) is 0 Å². The zero-order chi connectivity index (χ0) is 10.7. The van der Waals surface area contributed by atoms with E-state index in [9.17, 15) is 4.79 Å². The molecule has 0 aliphatic carbocycles. The smallest absolute Gasteiger partial charge is 0.347 e. The van der Waals surface area contributed by atoms with Gasteiger partial charge in [0.15, 0.2) is 6.10 Å². The number of rotatable bonds is 3. The molecular weight excluding hydrogens is 194 g/mol. The molecule has 80 valence electrons. The Morgan fingerprint density at radius 2 is 2.13 bits per heavy atom. The lowest BCUT2D eigenvalue weighted by Gasteiger charge is -2.09. The molecular formula is C11H13NO3. The van der Waals surface area contributed by atoms with Gasteiger partial charge in [-0.1, -0.05) is 12.1 Å². The van der Waals surface area contributed by atoms with Gasteiger partial charge in [0.1, 0.15) is 5.75 Å². The maximum absolute atomic E-state index is 11.1. The Bertz CT molecular complexity index is 347. The standard InChI is InChI=1S/C11H13NO3/c12-7-8-1-3-9(4-2-8)15-10-5-6-14-11(10)13/h1-4,10H,5-7,12H2. The van der Waals surface area contributed by atoms with Gasteiger partial charge in [-0.05, 0) is 17.7 Å². The summed E-state index contributed by atoms with van der Waals surface area (Å²) in [7, 11) is 0. The predicted octanol–water partition coefficient (Wildman–Crippen LogP) is 0.840. The molecule has 1 fully saturated rings. The van der Waals surface area contributed by atoms with Crippen molar-refractivity contribution in [1.82, 2.24) is 0 Å². The Labute approximate surface area is 88.0 Å². The molecule has 0 radical (unpaired) electrons. The number of benzene rings is 1. The van der Waals surface area contributed by atoms with Gasteiger partial charge in [0.2, 0.25) is 0 Å². The molecule has 1 aliphatic rings. The summed E-state index contributed by atoms with van der Waals surface area (Å²) in [5.74, 6) is 0.397. The minimum atomic E-state index is -0.450. The van der Waals surface area contributed by atoms with Crippen LogP contribution < -0.4 is 10.5 Å². The maximum atomic E-state index is 11.1. The van der Waals surface area contributed by atoms with E-state index < -0.39 is 6.10 Å². The number of ether oxygens (including phenoxy) is 2. The van der Waals surface area contributed by atoms with Crippen LogP contribution in [-0.4, -0.2) is 18.7 Å². The summed E-state index contributed by atoms with van der Waals surface area (Å²) < 4.78 is 10.3. The fraction of sp³-hybridized carbons (Fsp3) is 0.364. The molecule has 15 heavy (non-hydrogen) atoms. The van der Waals surface area contributed by atoms with Crippen molar-refractivity contribution in [3.63, 3.8) is 0 Å². The second-order valence-electron chi connectivity index (χ2n) is 3.41. The third kappa shape index (κ3) is 2.27. The van der Waals surface area contributed by atoms with E-state index in [1.807, 2.05) is 24.3 Å². The summed E-state index contributed by atoms with van der Waals surface area (Å²) in [4.78, 5) is 11.1. The molecule has 1 aromatic carbocycles. The third-order valence-corrected chi connectivity index (χ3v) is 2.32. The summed E-state index contributed by atoms with van der Waals surface area (Å²) in [6, 6.07) is 7.40. The van der Waals surface area contributed by atoms with Crippen molar-refractivity contribution < 1.29 is 14.3 Å².